The zero-order valence-electron chi connectivity index (χ0n) is 20.4. The SMILES string of the molecule is CCOc1ccc(Cc2cc(C3CC(OCc4ccccc4)CC(C(C)O)O3)ccc2Cl)c(F)c1F. The Balaban J connectivity index is 1.53. The molecule has 7 heteroatoms. The van der Waals surface area contributed by atoms with Crippen LogP contribution in [-0.4, -0.2) is 30.0 Å². The van der Waals surface area contributed by atoms with Gasteiger partial charge in [0, 0.05) is 24.3 Å². The summed E-state index contributed by atoms with van der Waals surface area (Å²) >= 11 is 6.44. The van der Waals surface area contributed by atoms with E-state index in [4.69, 9.17) is 25.8 Å². The van der Waals surface area contributed by atoms with Crippen molar-refractivity contribution in [3.05, 3.63) is 99.6 Å². The molecule has 3 aromatic carbocycles. The molecule has 0 aliphatic carbocycles. The molecule has 3 aromatic rings. The Hall–Kier alpha value is -2.51. The molecule has 1 N–H and O–H groups in total. The van der Waals surface area contributed by atoms with Crippen LogP contribution in [0.4, 0.5) is 8.78 Å². The van der Waals surface area contributed by atoms with Gasteiger partial charge in [-0.05, 0) is 48.2 Å². The Morgan fingerprint density at radius 1 is 1.03 bits per heavy atom. The first-order valence-electron chi connectivity index (χ1n) is 12.2. The zero-order chi connectivity index (χ0) is 25.7. The first-order chi connectivity index (χ1) is 17.4. The molecule has 1 aliphatic rings. The minimum atomic E-state index is -1.00. The fraction of sp³-hybridized carbons (Fsp3) is 0.379. The number of hydrogen-bond donors (Lipinski definition) is 1. The summed E-state index contributed by atoms with van der Waals surface area (Å²) < 4.78 is 46.7. The molecule has 4 unspecified atom stereocenters. The van der Waals surface area contributed by atoms with Crippen molar-refractivity contribution < 1.29 is 28.1 Å². The average molecular weight is 517 g/mol. The second kappa shape index (κ2) is 12.2. The fourth-order valence-electron chi connectivity index (χ4n) is 4.48. The highest BCUT2D eigenvalue weighted by Crippen LogP contribution is 2.36. The summed E-state index contributed by atoms with van der Waals surface area (Å²) in [5.74, 6) is -2.06. The lowest BCUT2D eigenvalue weighted by molar-refractivity contribution is -0.151. The van der Waals surface area contributed by atoms with Gasteiger partial charge in [-0.3, -0.25) is 0 Å². The largest absolute Gasteiger partial charge is 0.491 e. The monoisotopic (exact) mass is 516 g/mol. The van der Waals surface area contributed by atoms with Crippen LogP contribution in [0.1, 0.15) is 55.0 Å². The molecule has 0 aromatic heterocycles. The van der Waals surface area contributed by atoms with E-state index in [-0.39, 0.29) is 42.7 Å². The smallest absolute Gasteiger partial charge is 0.200 e. The number of halogens is 3. The molecule has 36 heavy (non-hydrogen) atoms. The van der Waals surface area contributed by atoms with Gasteiger partial charge in [-0.1, -0.05) is 60.1 Å². The number of hydrogen-bond acceptors (Lipinski definition) is 4. The minimum absolute atomic E-state index is 0.111. The second-order valence-electron chi connectivity index (χ2n) is 9.11. The van der Waals surface area contributed by atoms with Gasteiger partial charge in [0.25, 0.3) is 0 Å². The maximum Gasteiger partial charge on any atom is 0.200 e. The van der Waals surface area contributed by atoms with Gasteiger partial charge in [-0.15, -0.1) is 0 Å². The molecule has 4 atom stereocenters. The number of aliphatic hydroxyl groups excluding tert-OH is 1. The van der Waals surface area contributed by atoms with E-state index < -0.39 is 17.7 Å². The highest BCUT2D eigenvalue weighted by Gasteiger charge is 2.33. The van der Waals surface area contributed by atoms with Crippen LogP contribution in [-0.2, 0) is 22.5 Å². The van der Waals surface area contributed by atoms with Gasteiger partial charge in [0.15, 0.2) is 11.6 Å². The van der Waals surface area contributed by atoms with Gasteiger partial charge < -0.3 is 19.3 Å². The Labute approximate surface area is 215 Å². The molecule has 0 radical (unpaired) electrons. The van der Waals surface area contributed by atoms with Crippen LogP contribution in [0.25, 0.3) is 0 Å². The lowest BCUT2D eigenvalue weighted by Gasteiger charge is -2.37. The Bertz CT molecular complexity index is 1160. The summed E-state index contributed by atoms with van der Waals surface area (Å²) in [6.45, 7) is 4.13. The predicted molar refractivity (Wildman–Crippen MR) is 135 cm³/mol. The van der Waals surface area contributed by atoms with Crippen molar-refractivity contribution in [3.63, 3.8) is 0 Å². The Kier molecular flexibility index (Phi) is 8.96. The fourth-order valence-corrected chi connectivity index (χ4v) is 4.66. The molecule has 0 bridgehead atoms. The highest BCUT2D eigenvalue weighted by atomic mass is 35.5. The zero-order valence-corrected chi connectivity index (χ0v) is 21.2. The van der Waals surface area contributed by atoms with Gasteiger partial charge in [-0.25, -0.2) is 4.39 Å². The molecule has 0 saturated carbocycles. The van der Waals surface area contributed by atoms with E-state index >= 15 is 0 Å². The molecule has 1 fully saturated rings. The van der Waals surface area contributed by atoms with Crippen molar-refractivity contribution in [2.75, 3.05) is 6.61 Å². The molecule has 1 heterocycles. The number of aliphatic hydroxyl groups is 1. The maximum absolute atomic E-state index is 14.7. The van der Waals surface area contributed by atoms with E-state index in [0.29, 0.717) is 30.0 Å². The number of benzene rings is 3. The molecule has 4 nitrogen and oxygen atoms in total. The molecular weight excluding hydrogens is 486 g/mol. The second-order valence-corrected chi connectivity index (χ2v) is 9.51. The first kappa shape index (κ1) is 26.6. The molecule has 1 saturated heterocycles. The lowest BCUT2D eigenvalue weighted by Crippen LogP contribution is -2.38. The van der Waals surface area contributed by atoms with Crippen LogP contribution in [0, 0.1) is 11.6 Å². The molecule has 4 rings (SSSR count). The van der Waals surface area contributed by atoms with E-state index in [9.17, 15) is 13.9 Å². The van der Waals surface area contributed by atoms with Crippen LogP contribution in [0.2, 0.25) is 5.02 Å². The van der Waals surface area contributed by atoms with E-state index in [1.165, 1.54) is 12.1 Å². The third-order valence-electron chi connectivity index (χ3n) is 6.43. The van der Waals surface area contributed by atoms with Crippen molar-refractivity contribution in [1.82, 2.24) is 0 Å². The number of ether oxygens (including phenoxy) is 3. The summed E-state index contributed by atoms with van der Waals surface area (Å²) in [5.41, 5.74) is 2.76. The normalized spacial score (nSPS) is 20.8. The quantitative estimate of drug-likeness (QED) is 0.340. The molecule has 192 valence electrons. The van der Waals surface area contributed by atoms with Crippen molar-refractivity contribution in [1.29, 1.82) is 0 Å². The standard InChI is InChI=1S/C29H31ClF2O4/c1-3-34-25-12-10-21(28(31)29(25)32)14-22-13-20(9-11-24(22)30)27-16-23(15-26(36-27)18(2)33)35-17-19-7-5-4-6-8-19/h4-13,18,23,26-27,33H,3,14-17H2,1-2H3. The summed E-state index contributed by atoms with van der Waals surface area (Å²) in [4.78, 5) is 0. The third kappa shape index (κ3) is 6.43. The Morgan fingerprint density at radius 3 is 2.53 bits per heavy atom. The van der Waals surface area contributed by atoms with Gasteiger partial charge in [0.2, 0.25) is 5.82 Å². The van der Waals surface area contributed by atoms with Gasteiger partial charge in [-0.2, -0.15) is 4.39 Å². The highest BCUT2D eigenvalue weighted by molar-refractivity contribution is 6.31. The molecular formula is C29H31ClF2O4. The van der Waals surface area contributed by atoms with Gasteiger partial charge >= 0.3 is 0 Å². The summed E-state index contributed by atoms with van der Waals surface area (Å²) in [6.07, 6.45) is -0.203. The van der Waals surface area contributed by atoms with Gasteiger partial charge in [0.05, 0.1) is 37.6 Å². The van der Waals surface area contributed by atoms with Crippen molar-refractivity contribution in [2.45, 2.75) is 64.1 Å². The van der Waals surface area contributed by atoms with Crippen LogP contribution < -0.4 is 4.74 Å². The predicted octanol–water partition coefficient (Wildman–Crippen LogP) is 6.79. The van der Waals surface area contributed by atoms with Crippen LogP contribution >= 0.6 is 11.6 Å². The van der Waals surface area contributed by atoms with E-state index in [2.05, 4.69) is 0 Å². The minimum Gasteiger partial charge on any atom is -0.491 e. The van der Waals surface area contributed by atoms with Crippen LogP contribution in [0.3, 0.4) is 0 Å². The lowest BCUT2D eigenvalue weighted by atomic mass is 9.92. The van der Waals surface area contributed by atoms with E-state index in [0.717, 1.165) is 11.1 Å². The summed E-state index contributed by atoms with van der Waals surface area (Å²) in [5, 5.41) is 10.7. The van der Waals surface area contributed by atoms with E-state index in [1.54, 1.807) is 19.9 Å². The van der Waals surface area contributed by atoms with Gasteiger partial charge in [0.1, 0.15) is 0 Å². The summed E-state index contributed by atoms with van der Waals surface area (Å²) in [6, 6.07) is 18.3. The van der Waals surface area contributed by atoms with E-state index in [1.807, 2.05) is 42.5 Å². The maximum atomic E-state index is 14.7. The Morgan fingerprint density at radius 2 is 1.81 bits per heavy atom. The van der Waals surface area contributed by atoms with Crippen molar-refractivity contribution in [3.8, 4) is 5.75 Å². The molecule has 1 aliphatic heterocycles. The van der Waals surface area contributed by atoms with Crippen LogP contribution in [0.5, 0.6) is 5.75 Å². The average Bonchev–Trinajstić information content (AvgIpc) is 2.89. The summed E-state index contributed by atoms with van der Waals surface area (Å²) in [7, 11) is 0. The van der Waals surface area contributed by atoms with Crippen LogP contribution in [0.15, 0.2) is 60.7 Å². The van der Waals surface area contributed by atoms with Crippen molar-refractivity contribution >= 4 is 11.6 Å². The molecule has 0 spiro atoms. The number of rotatable bonds is 9. The van der Waals surface area contributed by atoms with Crippen molar-refractivity contribution in [2.24, 2.45) is 0 Å². The topological polar surface area (TPSA) is 47.9 Å². The third-order valence-corrected chi connectivity index (χ3v) is 6.80. The first-order valence-corrected chi connectivity index (χ1v) is 12.6. The molecule has 0 amide bonds.